The van der Waals surface area contributed by atoms with Crippen LogP contribution < -0.4 is 0 Å². The van der Waals surface area contributed by atoms with E-state index in [-0.39, 0.29) is 23.4 Å². The first kappa shape index (κ1) is 18.6. The van der Waals surface area contributed by atoms with Crippen LogP contribution in [-0.2, 0) is 4.79 Å². The third kappa shape index (κ3) is 4.09. The lowest BCUT2D eigenvalue weighted by Gasteiger charge is -2.40. The zero-order chi connectivity index (χ0) is 18.8. The average molecular weight is 371 g/mol. The molecule has 2 saturated carbocycles. The van der Waals surface area contributed by atoms with Crippen molar-refractivity contribution in [2.24, 2.45) is 23.7 Å². The quantitative estimate of drug-likeness (QED) is 0.709. The number of carbonyl (C=O) groups is 2. The van der Waals surface area contributed by atoms with E-state index in [2.05, 4.69) is 0 Å². The highest BCUT2D eigenvalue weighted by atomic mass is 19.1. The molecule has 0 radical (unpaired) electrons. The van der Waals surface area contributed by atoms with E-state index < -0.39 is 0 Å². The first-order chi connectivity index (χ1) is 13.1. The van der Waals surface area contributed by atoms with E-state index in [0.29, 0.717) is 24.6 Å². The van der Waals surface area contributed by atoms with Gasteiger partial charge >= 0.3 is 0 Å². The maximum absolute atomic E-state index is 13.0. The van der Waals surface area contributed by atoms with E-state index in [9.17, 15) is 14.0 Å². The van der Waals surface area contributed by atoms with Gasteiger partial charge in [-0.05, 0) is 74.6 Å². The van der Waals surface area contributed by atoms with Gasteiger partial charge < -0.3 is 4.90 Å². The van der Waals surface area contributed by atoms with Crippen molar-refractivity contribution in [3.63, 3.8) is 0 Å². The van der Waals surface area contributed by atoms with E-state index in [1.54, 1.807) is 12.1 Å². The van der Waals surface area contributed by atoms with Crippen LogP contribution in [0.5, 0.6) is 0 Å². The van der Waals surface area contributed by atoms with Gasteiger partial charge in [-0.3, -0.25) is 9.59 Å². The van der Waals surface area contributed by atoms with Crippen LogP contribution in [0.4, 0.5) is 4.39 Å². The van der Waals surface area contributed by atoms with Gasteiger partial charge in [0, 0.05) is 30.5 Å². The van der Waals surface area contributed by atoms with E-state index in [4.69, 9.17) is 0 Å². The monoisotopic (exact) mass is 371 g/mol. The van der Waals surface area contributed by atoms with Crippen LogP contribution in [0.2, 0.25) is 0 Å². The number of hydrogen-bond acceptors (Lipinski definition) is 2. The third-order valence-corrected chi connectivity index (χ3v) is 7.24. The highest BCUT2D eigenvalue weighted by molar-refractivity contribution is 5.98. The number of ketones is 1. The molecule has 1 saturated heterocycles. The normalized spacial score (nSPS) is 27.2. The predicted molar refractivity (Wildman–Crippen MR) is 103 cm³/mol. The number of halogens is 1. The van der Waals surface area contributed by atoms with Gasteiger partial charge in [-0.2, -0.15) is 0 Å². The van der Waals surface area contributed by atoms with Crippen LogP contribution in [-0.4, -0.2) is 29.7 Å². The molecule has 1 heterocycles. The van der Waals surface area contributed by atoms with Crippen molar-refractivity contribution >= 4 is 11.7 Å². The minimum Gasteiger partial charge on any atom is -0.342 e. The summed E-state index contributed by atoms with van der Waals surface area (Å²) in [6.07, 6.45) is 10.2. The second kappa shape index (κ2) is 8.12. The van der Waals surface area contributed by atoms with Crippen LogP contribution >= 0.6 is 0 Å². The molecule has 146 valence electrons. The van der Waals surface area contributed by atoms with E-state index in [1.165, 1.54) is 44.2 Å². The molecule has 0 bridgehead atoms. The number of benzene rings is 1. The fourth-order valence-corrected chi connectivity index (χ4v) is 5.22. The molecular weight excluding hydrogens is 341 g/mol. The number of Topliss-reactive ketones (excluding diaryl/α,β-unsaturated/α-hetero) is 1. The summed E-state index contributed by atoms with van der Waals surface area (Å²) in [4.78, 5) is 27.5. The molecule has 4 rings (SSSR count). The minimum absolute atomic E-state index is 0.0473. The van der Waals surface area contributed by atoms with Crippen LogP contribution in [0.1, 0.15) is 68.1 Å². The highest BCUT2D eigenvalue weighted by Gasteiger charge is 2.36. The van der Waals surface area contributed by atoms with Crippen molar-refractivity contribution in [2.45, 2.75) is 57.8 Å². The maximum Gasteiger partial charge on any atom is 0.225 e. The summed E-state index contributed by atoms with van der Waals surface area (Å²) in [7, 11) is 0. The van der Waals surface area contributed by atoms with Gasteiger partial charge in [0.15, 0.2) is 5.78 Å². The number of rotatable bonds is 4. The Morgan fingerprint density at radius 1 is 0.778 bits per heavy atom. The molecule has 0 N–H and O–H groups in total. The fourth-order valence-electron chi connectivity index (χ4n) is 5.22. The van der Waals surface area contributed by atoms with Gasteiger partial charge in [0.05, 0.1) is 0 Å². The first-order valence-corrected chi connectivity index (χ1v) is 10.7. The average Bonchev–Trinajstić information content (AvgIpc) is 2.67. The molecule has 1 aromatic rings. The molecule has 0 aromatic heterocycles. The van der Waals surface area contributed by atoms with Crippen molar-refractivity contribution in [1.82, 2.24) is 4.90 Å². The van der Waals surface area contributed by atoms with Crippen LogP contribution in [0.15, 0.2) is 24.3 Å². The van der Waals surface area contributed by atoms with Crippen LogP contribution in [0.3, 0.4) is 0 Å². The van der Waals surface area contributed by atoms with Gasteiger partial charge in [0.25, 0.3) is 0 Å². The predicted octanol–water partition coefficient (Wildman–Crippen LogP) is 4.85. The summed E-state index contributed by atoms with van der Waals surface area (Å²) >= 11 is 0. The fraction of sp³-hybridized carbons (Fsp3) is 0.652. The Labute approximate surface area is 161 Å². The standard InChI is InChI=1S/C23H30FNO2/c24-21-10-8-18(9-11-21)22(26)19-12-14-25(15-13-19)23(27)20-6-4-17(5-7-20)16-2-1-3-16/h8-11,16-17,19-20H,1-7,12-15H2. The number of amides is 1. The summed E-state index contributed by atoms with van der Waals surface area (Å²) in [5, 5.41) is 0. The SMILES string of the molecule is O=C(c1ccc(F)cc1)C1CCN(C(=O)C2CCC(C3CCC3)CC2)CC1. The molecule has 0 atom stereocenters. The van der Waals surface area contributed by atoms with Gasteiger partial charge in [0.2, 0.25) is 5.91 Å². The number of nitrogens with zero attached hydrogens (tertiary/aromatic N) is 1. The lowest BCUT2D eigenvalue weighted by atomic mass is 9.68. The largest absolute Gasteiger partial charge is 0.342 e. The molecule has 3 aliphatic rings. The Hall–Kier alpha value is -1.71. The molecule has 1 aromatic carbocycles. The van der Waals surface area contributed by atoms with Crippen LogP contribution in [0, 0.1) is 29.5 Å². The second-order valence-electron chi connectivity index (χ2n) is 8.77. The van der Waals surface area contributed by atoms with Crippen molar-refractivity contribution in [3.05, 3.63) is 35.6 Å². The molecule has 0 spiro atoms. The minimum atomic E-state index is -0.320. The Morgan fingerprint density at radius 3 is 1.93 bits per heavy atom. The van der Waals surface area contributed by atoms with Gasteiger partial charge in [-0.25, -0.2) is 4.39 Å². The third-order valence-electron chi connectivity index (χ3n) is 7.24. The summed E-state index contributed by atoms with van der Waals surface area (Å²) in [6.45, 7) is 1.36. The van der Waals surface area contributed by atoms with Crippen molar-refractivity contribution in [3.8, 4) is 0 Å². The van der Waals surface area contributed by atoms with E-state index in [0.717, 1.165) is 37.5 Å². The lowest BCUT2D eigenvalue weighted by Crippen LogP contribution is -2.44. The summed E-state index contributed by atoms with van der Waals surface area (Å²) in [5.74, 6) is 2.03. The Kier molecular flexibility index (Phi) is 5.60. The molecule has 2 aliphatic carbocycles. The maximum atomic E-state index is 13.0. The summed E-state index contributed by atoms with van der Waals surface area (Å²) < 4.78 is 13.0. The molecule has 27 heavy (non-hydrogen) atoms. The molecule has 1 amide bonds. The lowest BCUT2D eigenvalue weighted by molar-refractivity contribution is -0.138. The van der Waals surface area contributed by atoms with Gasteiger partial charge in [-0.15, -0.1) is 0 Å². The Morgan fingerprint density at radius 2 is 1.37 bits per heavy atom. The summed E-state index contributed by atoms with van der Waals surface area (Å²) in [6, 6.07) is 5.81. The topological polar surface area (TPSA) is 37.4 Å². The Balaban J connectivity index is 1.25. The molecule has 1 aliphatic heterocycles. The highest BCUT2D eigenvalue weighted by Crippen LogP contribution is 2.42. The molecule has 4 heteroatoms. The molecule has 0 unspecified atom stereocenters. The van der Waals surface area contributed by atoms with Crippen molar-refractivity contribution < 1.29 is 14.0 Å². The molecule has 3 fully saturated rings. The first-order valence-electron chi connectivity index (χ1n) is 10.7. The van der Waals surface area contributed by atoms with Crippen molar-refractivity contribution in [1.29, 1.82) is 0 Å². The smallest absolute Gasteiger partial charge is 0.225 e. The van der Waals surface area contributed by atoms with E-state index in [1.807, 2.05) is 4.90 Å². The Bertz CT molecular complexity index is 666. The molecule has 3 nitrogen and oxygen atoms in total. The number of hydrogen-bond donors (Lipinski definition) is 0. The summed E-state index contributed by atoms with van der Waals surface area (Å²) in [5.41, 5.74) is 0.579. The number of likely N-dealkylation sites (tertiary alicyclic amines) is 1. The van der Waals surface area contributed by atoms with Gasteiger partial charge in [0.1, 0.15) is 5.82 Å². The van der Waals surface area contributed by atoms with Crippen molar-refractivity contribution in [2.75, 3.05) is 13.1 Å². The zero-order valence-corrected chi connectivity index (χ0v) is 16.0. The number of piperidine rings is 1. The zero-order valence-electron chi connectivity index (χ0n) is 16.0. The van der Waals surface area contributed by atoms with Gasteiger partial charge in [-0.1, -0.05) is 19.3 Å². The molecular formula is C23H30FNO2. The second-order valence-corrected chi connectivity index (χ2v) is 8.77. The van der Waals surface area contributed by atoms with Crippen LogP contribution in [0.25, 0.3) is 0 Å². The number of carbonyl (C=O) groups excluding carboxylic acids is 2. The van der Waals surface area contributed by atoms with E-state index >= 15 is 0 Å².